The van der Waals surface area contributed by atoms with Crippen LogP contribution in [-0.4, -0.2) is 193 Å². The molecule has 0 bridgehead atoms. The molecule has 0 spiro atoms. The summed E-state index contributed by atoms with van der Waals surface area (Å²) in [7, 11) is 0. The summed E-state index contributed by atoms with van der Waals surface area (Å²) in [4.78, 5) is 13.4. The van der Waals surface area contributed by atoms with Crippen LogP contribution in [0.2, 0.25) is 0 Å². The number of unbranched alkanes of at least 4 members (excludes halogenated alkanes) is 29. The van der Waals surface area contributed by atoms with Gasteiger partial charge in [0.25, 0.3) is 0 Å². The standard InChI is InChI=1S/C76H133NO18/c1-3-5-7-9-11-13-15-17-19-21-23-25-27-28-29-30-32-33-35-37-39-41-43-45-47-49-51-53-60(81)59(77-64(82)54-52-50-48-46-44-42-40-38-36-34-31-26-24-22-20-18-16-14-12-10-8-6-4-2)58-90-74-70(88)67(85)72(62(56-79)92-74)95-76-71(89)68(86)73(63(57-80)93-76)94-75-69(87)66(84)65(83)61(55-78)91-75/h6,8,12,14,18,20,24,26,34,36,40,42,51,53,59-63,65-76,78-81,83-89H,3-5,7,9-11,13,15-17,19,21-23,25,27-33,35,37-39,41,43-50,52,54-58H2,1-2H3,(H,77,82)/b8-6-,14-12-,20-18-,26-24-,36-34-,42-40-,53-51+. The summed E-state index contributed by atoms with van der Waals surface area (Å²) in [5.41, 5.74) is 0. The minimum Gasteiger partial charge on any atom is -0.394 e. The van der Waals surface area contributed by atoms with E-state index in [-0.39, 0.29) is 18.9 Å². The lowest BCUT2D eigenvalue weighted by molar-refractivity contribution is -0.379. The van der Waals surface area contributed by atoms with Crippen LogP contribution in [0.15, 0.2) is 85.1 Å². The van der Waals surface area contributed by atoms with Crippen LogP contribution in [0.4, 0.5) is 0 Å². The number of amides is 1. The zero-order valence-electron chi connectivity index (χ0n) is 58.4. The van der Waals surface area contributed by atoms with Gasteiger partial charge in [0.05, 0.1) is 38.6 Å². The molecular weight excluding hydrogens is 1210 g/mol. The molecule has 17 unspecified atom stereocenters. The number of allylic oxidation sites excluding steroid dienone is 13. The molecule has 0 aromatic heterocycles. The Morgan fingerprint density at radius 1 is 0.389 bits per heavy atom. The molecule has 3 aliphatic heterocycles. The molecule has 0 saturated carbocycles. The Labute approximate surface area is 571 Å². The van der Waals surface area contributed by atoms with Crippen LogP contribution in [0.1, 0.15) is 258 Å². The Morgan fingerprint density at radius 3 is 1.14 bits per heavy atom. The highest BCUT2D eigenvalue weighted by Gasteiger charge is 2.53. The smallest absolute Gasteiger partial charge is 0.220 e. The van der Waals surface area contributed by atoms with E-state index in [1.807, 2.05) is 6.08 Å². The third kappa shape index (κ3) is 37.8. The molecule has 1 amide bonds. The largest absolute Gasteiger partial charge is 0.394 e. The number of aliphatic hydroxyl groups excluding tert-OH is 11. The first-order chi connectivity index (χ1) is 46.3. The van der Waals surface area contributed by atoms with Crippen molar-refractivity contribution >= 4 is 5.91 Å². The van der Waals surface area contributed by atoms with E-state index in [0.717, 1.165) is 89.9 Å². The molecule has 3 fully saturated rings. The Kier molecular flexibility index (Phi) is 51.4. The summed E-state index contributed by atoms with van der Waals surface area (Å²) < 4.78 is 34.4. The molecule has 550 valence electrons. The number of ether oxygens (including phenoxy) is 6. The van der Waals surface area contributed by atoms with Crippen molar-refractivity contribution in [3.63, 3.8) is 0 Å². The van der Waals surface area contributed by atoms with Gasteiger partial charge >= 0.3 is 0 Å². The fraction of sp³-hybridized carbons (Fsp3) is 0.803. The van der Waals surface area contributed by atoms with Crippen molar-refractivity contribution in [3.8, 4) is 0 Å². The van der Waals surface area contributed by atoms with Gasteiger partial charge in [0.2, 0.25) is 5.91 Å². The SMILES string of the molecule is CC/C=C\C/C=C\C/C=C\C/C=C\C/C=C\C/C=C\CCCCCCC(=O)NC(COC1OC(CO)C(OC2OC(CO)C(OC3OC(CO)C(O)C(O)C3O)C(O)C2O)C(O)C1O)C(O)/C=C/CCCCCCCCCCCCCCCCCCCCCCCCCCC. The number of nitrogens with one attached hydrogen (secondary N) is 1. The highest BCUT2D eigenvalue weighted by atomic mass is 16.8. The van der Waals surface area contributed by atoms with Crippen LogP contribution in [0.5, 0.6) is 0 Å². The van der Waals surface area contributed by atoms with Crippen molar-refractivity contribution in [2.75, 3.05) is 26.4 Å². The molecule has 3 saturated heterocycles. The number of carbonyl (C=O) groups is 1. The van der Waals surface area contributed by atoms with Gasteiger partial charge in [-0.2, -0.15) is 0 Å². The van der Waals surface area contributed by atoms with Gasteiger partial charge in [-0.05, 0) is 70.6 Å². The average molecular weight is 1350 g/mol. The molecule has 0 aromatic rings. The molecular formula is C76H133NO18. The van der Waals surface area contributed by atoms with Gasteiger partial charge in [-0.1, -0.05) is 266 Å². The van der Waals surface area contributed by atoms with Crippen LogP contribution in [0.3, 0.4) is 0 Å². The zero-order chi connectivity index (χ0) is 68.9. The van der Waals surface area contributed by atoms with Crippen molar-refractivity contribution in [2.24, 2.45) is 0 Å². The Balaban J connectivity index is 1.43. The Hall–Kier alpha value is -3.03. The molecule has 3 heterocycles. The molecule has 95 heavy (non-hydrogen) atoms. The van der Waals surface area contributed by atoms with E-state index in [4.69, 9.17) is 28.4 Å². The summed E-state index contributed by atoms with van der Waals surface area (Å²) in [6.45, 7) is 1.62. The van der Waals surface area contributed by atoms with Crippen molar-refractivity contribution in [1.29, 1.82) is 0 Å². The van der Waals surface area contributed by atoms with E-state index < -0.39 is 124 Å². The fourth-order valence-corrected chi connectivity index (χ4v) is 12.2. The summed E-state index contributed by atoms with van der Waals surface area (Å²) in [6.07, 6.45) is 47.0. The lowest BCUT2D eigenvalue weighted by atomic mass is 9.96. The first kappa shape index (κ1) is 86.2. The summed E-state index contributed by atoms with van der Waals surface area (Å²) in [5.74, 6) is -0.301. The number of hydrogen-bond acceptors (Lipinski definition) is 18. The third-order valence-corrected chi connectivity index (χ3v) is 18.2. The van der Waals surface area contributed by atoms with Crippen LogP contribution >= 0.6 is 0 Å². The predicted octanol–water partition coefficient (Wildman–Crippen LogP) is 11.1. The fourth-order valence-electron chi connectivity index (χ4n) is 12.2. The van der Waals surface area contributed by atoms with Crippen molar-refractivity contribution in [1.82, 2.24) is 5.32 Å². The van der Waals surface area contributed by atoms with E-state index in [1.54, 1.807) is 6.08 Å². The maximum Gasteiger partial charge on any atom is 0.220 e. The van der Waals surface area contributed by atoms with E-state index in [1.165, 1.54) is 141 Å². The van der Waals surface area contributed by atoms with E-state index in [0.29, 0.717) is 6.42 Å². The second-order valence-corrected chi connectivity index (χ2v) is 26.4. The predicted molar refractivity (Wildman–Crippen MR) is 374 cm³/mol. The quantitative estimate of drug-likeness (QED) is 0.0199. The maximum absolute atomic E-state index is 13.4. The molecule has 0 aromatic carbocycles. The van der Waals surface area contributed by atoms with Crippen molar-refractivity contribution in [3.05, 3.63) is 85.1 Å². The van der Waals surface area contributed by atoms with Gasteiger partial charge in [0.1, 0.15) is 73.2 Å². The second kappa shape index (κ2) is 56.7. The molecule has 17 atom stereocenters. The molecule has 0 radical (unpaired) electrons. The van der Waals surface area contributed by atoms with Crippen molar-refractivity contribution in [2.45, 2.75) is 362 Å². The molecule has 19 heteroatoms. The highest BCUT2D eigenvalue weighted by molar-refractivity contribution is 5.76. The molecule has 3 aliphatic rings. The molecule has 3 rings (SSSR count). The first-order valence-electron chi connectivity index (χ1n) is 37.3. The minimum atomic E-state index is -1.99. The average Bonchev–Trinajstić information content (AvgIpc) is 0.787. The normalized spacial score (nSPS) is 27.7. The van der Waals surface area contributed by atoms with Crippen LogP contribution in [-0.2, 0) is 33.2 Å². The van der Waals surface area contributed by atoms with Gasteiger partial charge in [0.15, 0.2) is 18.9 Å². The minimum absolute atomic E-state index is 0.209. The summed E-state index contributed by atoms with van der Waals surface area (Å²) in [5, 5.41) is 121. The molecule has 0 aliphatic carbocycles. The van der Waals surface area contributed by atoms with Gasteiger partial charge < -0.3 is 89.9 Å². The lowest BCUT2D eigenvalue weighted by Gasteiger charge is -2.48. The Morgan fingerprint density at radius 2 is 0.726 bits per heavy atom. The Bertz CT molecular complexity index is 2050. The van der Waals surface area contributed by atoms with E-state index in [2.05, 4.69) is 92.1 Å². The molecule has 12 N–H and O–H groups in total. The summed E-state index contributed by atoms with van der Waals surface area (Å²) >= 11 is 0. The zero-order valence-corrected chi connectivity index (χ0v) is 58.4. The number of carbonyl (C=O) groups excluding carboxylic acids is 1. The van der Waals surface area contributed by atoms with Gasteiger partial charge in [-0.15, -0.1) is 0 Å². The number of hydrogen-bond donors (Lipinski definition) is 12. The van der Waals surface area contributed by atoms with Crippen LogP contribution in [0, 0.1) is 0 Å². The van der Waals surface area contributed by atoms with Crippen LogP contribution in [0.25, 0.3) is 0 Å². The number of aliphatic hydroxyl groups is 11. The topological polar surface area (TPSA) is 307 Å². The highest BCUT2D eigenvalue weighted by Crippen LogP contribution is 2.33. The van der Waals surface area contributed by atoms with Gasteiger partial charge in [-0.25, -0.2) is 0 Å². The third-order valence-electron chi connectivity index (χ3n) is 18.2. The van der Waals surface area contributed by atoms with Crippen LogP contribution < -0.4 is 5.32 Å². The summed E-state index contributed by atoms with van der Waals surface area (Å²) in [6, 6.07) is -0.994. The number of rotatable bonds is 57. The van der Waals surface area contributed by atoms with Gasteiger partial charge in [-0.3, -0.25) is 4.79 Å². The maximum atomic E-state index is 13.4. The second-order valence-electron chi connectivity index (χ2n) is 26.4. The van der Waals surface area contributed by atoms with Gasteiger partial charge in [0, 0.05) is 6.42 Å². The van der Waals surface area contributed by atoms with E-state index >= 15 is 0 Å². The van der Waals surface area contributed by atoms with Crippen molar-refractivity contribution < 1.29 is 89.4 Å². The molecule has 19 nitrogen and oxygen atoms in total. The van der Waals surface area contributed by atoms with E-state index in [9.17, 15) is 61.0 Å². The first-order valence-corrected chi connectivity index (χ1v) is 37.3. The lowest BCUT2D eigenvalue weighted by Crippen LogP contribution is -2.66. The monoisotopic (exact) mass is 1350 g/mol.